The third-order valence-electron chi connectivity index (χ3n) is 3.02. The van der Waals surface area contributed by atoms with Gasteiger partial charge in [-0.15, -0.1) is 10.2 Å². The Bertz CT molecular complexity index is 441. The summed E-state index contributed by atoms with van der Waals surface area (Å²) in [6.07, 6.45) is 4.28. The number of rotatable bonds is 4. The highest BCUT2D eigenvalue weighted by Gasteiger charge is 2.32. The van der Waals surface area contributed by atoms with E-state index in [1.807, 2.05) is 6.26 Å². The van der Waals surface area contributed by atoms with Gasteiger partial charge in [-0.25, -0.2) is 0 Å². The number of hydrogen-bond acceptors (Lipinski definition) is 5. The van der Waals surface area contributed by atoms with Crippen LogP contribution in [0.2, 0.25) is 0 Å². The van der Waals surface area contributed by atoms with Crippen LogP contribution in [0.5, 0.6) is 0 Å². The molecule has 1 aliphatic rings. The standard InChI is InChI=1S/C10H16N4OS/c1-6(7-4-5-7)8-9(15)14(11-2)10(16-3)13-12-8/h6-7,11H,4-5H2,1-3H3. The summed E-state index contributed by atoms with van der Waals surface area (Å²) in [6, 6.07) is 0. The monoisotopic (exact) mass is 240 g/mol. The van der Waals surface area contributed by atoms with Crippen LogP contribution < -0.4 is 11.0 Å². The van der Waals surface area contributed by atoms with E-state index in [0.717, 1.165) is 0 Å². The SMILES string of the molecule is CNn1c(SC)nnc(C(C)C2CC2)c1=O. The van der Waals surface area contributed by atoms with E-state index >= 15 is 0 Å². The molecule has 88 valence electrons. The van der Waals surface area contributed by atoms with Crippen LogP contribution >= 0.6 is 11.8 Å². The van der Waals surface area contributed by atoms with Gasteiger partial charge in [0.25, 0.3) is 5.56 Å². The number of nitrogens with one attached hydrogen (secondary N) is 1. The summed E-state index contributed by atoms with van der Waals surface area (Å²) in [5, 5.41) is 8.74. The summed E-state index contributed by atoms with van der Waals surface area (Å²) in [5.74, 6) is 0.836. The minimum absolute atomic E-state index is 0.0683. The zero-order valence-electron chi connectivity index (χ0n) is 9.73. The summed E-state index contributed by atoms with van der Waals surface area (Å²) in [6.45, 7) is 2.06. The zero-order chi connectivity index (χ0) is 11.7. The quantitative estimate of drug-likeness (QED) is 0.797. The van der Waals surface area contributed by atoms with E-state index in [4.69, 9.17) is 0 Å². The average Bonchev–Trinajstić information content (AvgIpc) is 3.11. The van der Waals surface area contributed by atoms with Crippen LogP contribution in [0.25, 0.3) is 0 Å². The van der Waals surface area contributed by atoms with Gasteiger partial charge in [-0.05, 0) is 25.0 Å². The van der Waals surface area contributed by atoms with Crippen molar-refractivity contribution in [2.75, 3.05) is 18.7 Å². The Morgan fingerprint density at radius 3 is 2.69 bits per heavy atom. The second-order valence-electron chi connectivity index (χ2n) is 4.06. The second kappa shape index (κ2) is 4.45. The molecule has 0 aromatic carbocycles. The minimum atomic E-state index is -0.0683. The maximum atomic E-state index is 12.1. The van der Waals surface area contributed by atoms with Gasteiger partial charge in [-0.1, -0.05) is 18.7 Å². The van der Waals surface area contributed by atoms with E-state index in [1.54, 1.807) is 7.05 Å². The van der Waals surface area contributed by atoms with Gasteiger partial charge in [-0.2, -0.15) is 4.68 Å². The van der Waals surface area contributed by atoms with Crippen molar-refractivity contribution >= 4 is 11.8 Å². The van der Waals surface area contributed by atoms with Crippen molar-refractivity contribution in [1.82, 2.24) is 14.9 Å². The smallest absolute Gasteiger partial charge is 0.295 e. The van der Waals surface area contributed by atoms with Gasteiger partial charge in [0.15, 0.2) is 0 Å². The first-order chi connectivity index (χ1) is 7.69. The fourth-order valence-corrected chi connectivity index (χ4v) is 2.30. The zero-order valence-corrected chi connectivity index (χ0v) is 10.5. The molecule has 1 unspecified atom stereocenters. The number of hydrogen-bond donors (Lipinski definition) is 1. The Hall–Kier alpha value is -1.04. The topological polar surface area (TPSA) is 59.8 Å². The van der Waals surface area contributed by atoms with Crippen LogP contribution in [-0.2, 0) is 0 Å². The van der Waals surface area contributed by atoms with Gasteiger partial charge in [0, 0.05) is 13.0 Å². The van der Waals surface area contributed by atoms with Gasteiger partial charge in [0.2, 0.25) is 5.16 Å². The Balaban J connectivity index is 2.43. The van der Waals surface area contributed by atoms with Crippen LogP contribution in [0.1, 0.15) is 31.4 Å². The molecule has 0 amide bonds. The first kappa shape index (κ1) is 11.4. The number of nitrogens with zero attached hydrogens (tertiary/aromatic N) is 3. The van der Waals surface area contributed by atoms with Gasteiger partial charge >= 0.3 is 0 Å². The fourth-order valence-electron chi connectivity index (χ4n) is 1.82. The molecule has 1 saturated carbocycles. The molecule has 1 aromatic heterocycles. The summed E-state index contributed by atoms with van der Waals surface area (Å²) >= 11 is 1.41. The first-order valence-electron chi connectivity index (χ1n) is 5.40. The molecule has 1 aliphatic carbocycles. The molecule has 16 heavy (non-hydrogen) atoms. The summed E-state index contributed by atoms with van der Waals surface area (Å²) in [7, 11) is 1.72. The highest BCUT2D eigenvalue weighted by Crippen LogP contribution is 2.40. The molecule has 1 atom stereocenters. The molecule has 1 aromatic rings. The molecule has 0 spiro atoms. The van der Waals surface area contributed by atoms with Crippen molar-refractivity contribution in [3.8, 4) is 0 Å². The summed E-state index contributed by atoms with van der Waals surface area (Å²) in [5.41, 5.74) is 3.36. The molecule has 0 bridgehead atoms. The van der Waals surface area contributed by atoms with Crippen molar-refractivity contribution in [1.29, 1.82) is 0 Å². The van der Waals surface area contributed by atoms with Gasteiger partial charge in [-0.3, -0.25) is 4.79 Å². The Labute approximate surface area is 98.6 Å². The molecule has 2 rings (SSSR count). The van der Waals surface area contributed by atoms with Crippen LogP contribution in [-0.4, -0.2) is 28.2 Å². The van der Waals surface area contributed by atoms with E-state index < -0.39 is 0 Å². The molecule has 1 N–H and O–H groups in total. The number of aromatic nitrogens is 3. The lowest BCUT2D eigenvalue weighted by Crippen LogP contribution is -2.34. The Morgan fingerprint density at radius 2 is 2.19 bits per heavy atom. The van der Waals surface area contributed by atoms with Crippen molar-refractivity contribution in [2.45, 2.75) is 30.8 Å². The molecule has 1 heterocycles. The Morgan fingerprint density at radius 1 is 1.50 bits per heavy atom. The fraction of sp³-hybridized carbons (Fsp3) is 0.700. The molecule has 0 radical (unpaired) electrons. The molecule has 1 fully saturated rings. The second-order valence-corrected chi connectivity index (χ2v) is 4.84. The normalized spacial score (nSPS) is 17.2. The lowest BCUT2D eigenvalue weighted by molar-refractivity contribution is 0.571. The van der Waals surface area contributed by atoms with Gasteiger partial charge in [0.05, 0.1) is 0 Å². The first-order valence-corrected chi connectivity index (χ1v) is 6.63. The molecular weight excluding hydrogens is 224 g/mol. The summed E-state index contributed by atoms with van der Waals surface area (Å²) in [4.78, 5) is 12.1. The van der Waals surface area contributed by atoms with E-state index in [1.165, 1.54) is 29.3 Å². The molecule has 0 saturated heterocycles. The van der Waals surface area contributed by atoms with Crippen LogP contribution in [0.3, 0.4) is 0 Å². The van der Waals surface area contributed by atoms with E-state index in [0.29, 0.717) is 16.8 Å². The van der Waals surface area contributed by atoms with Crippen LogP contribution in [0, 0.1) is 5.92 Å². The minimum Gasteiger partial charge on any atom is -0.324 e. The molecule has 0 aliphatic heterocycles. The van der Waals surface area contributed by atoms with Crippen LogP contribution in [0.15, 0.2) is 9.95 Å². The third kappa shape index (κ3) is 1.93. The predicted molar refractivity (Wildman–Crippen MR) is 64.5 cm³/mol. The molecular formula is C10H16N4OS. The lowest BCUT2D eigenvalue weighted by atomic mass is 10.0. The van der Waals surface area contributed by atoms with Crippen LogP contribution in [0.4, 0.5) is 0 Å². The van der Waals surface area contributed by atoms with E-state index in [-0.39, 0.29) is 11.5 Å². The Kier molecular flexibility index (Phi) is 3.18. The highest BCUT2D eigenvalue weighted by atomic mass is 32.2. The van der Waals surface area contributed by atoms with Crippen molar-refractivity contribution in [3.63, 3.8) is 0 Å². The maximum Gasteiger partial charge on any atom is 0.295 e. The van der Waals surface area contributed by atoms with Crippen molar-refractivity contribution in [3.05, 3.63) is 16.0 Å². The lowest BCUT2D eigenvalue weighted by Gasteiger charge is -2.12. The van der Waals surface area contributed by atoms with Gasteiger partial charge < -0.3 is 5.43 Å². The number of thioether (sulfide) groups is 1. The predicted octanol–water partition coefficient (Wildman–Crippen LogP) is 1.05. The largest absolute Gasteiger partial charge is 0.324 e. The van der Waals surface area contributed by atoms with Crippen molar-refractivity contribution < 1.29 is 0 Å². The maximum absolute atomic E-state index is 12.1. The molecule has 5 nitrogen and oxygen atoms in total. The highest BCUT2D eigenvalue weighted by molar-refractivity contribution is 7.98. The summed E-state index contributed by atoms with van der Waals surface area (Å²) < 4.78 is 1.46. The average molecular weight is 240 g/mol. The van der Waals surface area contributed by atoms with E-state index in [2.05, 4.69) is 22.5 Å². The molecule has 6 heteroatoms. The third-order valence-corrected chi connectivity index (χ3v) is 3.65. The van der Waals surface area contributed by atoms with E-state index in [9.17, 15) is 4.79 Å². The van der Waals surface area contributed by atoms with Gasteiger partial charge in [0.1, 0.15) is 5.69 Å². The van der Waals surface area contributed by atoms with Crippen molar-refractivity contribution in [2.24, 2.45) is 5.92 Å².